The van der Waals surface area contributed by atoms with Crippen LogP contribution in [-0.2, 0) is 28.2 Å². The summed E-state index contributed by atoms with van der Waals surface area (Å²) < 4.78 is 23.5. The highest BCUT2D eigenvalue weighted by Crippen LogP contribution is 1.95. The lowest BCUT2D eigenvalue weighted by Gasteiger charge is -2.11. The number of amides is 1. The van der Waals surface area contributed by atoms with Gasteiger partial charge in [0.05, 0.1) is 18.3 Å². The Bertz CT molecular complexity index is 510. The molecular weight excluding hydrogens is 258 g/mol. The average molecular weight is 275 g/mol. The van der Waals surface area contributed by atoms with Crippen LogP contribution in [0.3, 0.4) is 0 Å². The summed E-state index contributed by atoms with van der Waals surface area (Å²) in [5.41, 5.74) is 5.58. The van der Waals surface area contributed by atoms with E-state index < -0.39 is 21.8 Å². The molecule has 0 aliphatic heterocycles. The highest BCUT2D eigenvalue weighted by Gasteiger charge is 2.16. The maximum Gasteiger partial charge on any atom is 0.237 e. The van der Waals surface area contributed by atoms with E-state index in [1.165, 1.54) is 6.33 Å². The molecule has 0 bridgehead atoms. The molecule has 3 N–H and O–H groups in total. The zero-order valence-electron chi connectivity index (χ0n) is 10.3. The van der Waals surface area contributed by atoms with Gasteiger partial charge in [0, 0.05) is 13.3 Å². The molecule has 0 aromatic carbocycles. The molecule has 9 heteroatoms. The molecule has 0 aliphatic rings. The lowest BCUT2D eigenvalue weighted by molar-refractivity contribution is -0.122. The van der Waals surface area contributed by atoms with Gasteiger partial charge in [-0.3, -0.25) is 4.79 Å². The van der Waals surface area contributed by atoms with Gasteiger partial charge >= 0.3 is 0 Å². The lowest BCUT2D eigenvalue weighted by atomic mass is 10.2. The Morgan fingerprint density at radius 3 is 2.78 bits per heavy atom. The molecule has 1 aromatic heterocycles. The molecule has 1 amide bonds. The predicted molar refractivity (Wildman–Crippen MR) is 65.2 cm³/mol. The quantitative estimate of drug-likeness (QED) is 0.631. The molecule has 1 atom stereocenters. The van der Waals surface area contributed by atoms with Crippen molar-refractivity contribution in [3.05, 3.63) is 12.2 Å². The molecule has 0 radical (unpaired) electrons. The third-order valence-corrected chi connectivity index (χ3v) is 3.34. The Balaban J connectivity index is 2.39. The molecule has 0 spiro atoms. The first-order valence-electron chi connectivity index (χ1n) is 5.33. The topological polar surface area (TPSA) is 120 Å². The fourth-order valence-electron chi connectivity index (χ4n) is 1.24. The Kier molecular flexibility index (Phi) is 4.79. The van der Waals surface area contributed by atoms with Crippen LogP contribution in [0.15, 0.2) is 6.33 Å². The minimum Gasteiger partial charge on any atom is -0.347 e. The van der Waals surface area contributed by atoms with Crippen LogP contribution < -0.4 is 11.1 Å². The van der Waals surface area contributed by atoms with Crippen molar-refractivity contribution in [2.75, 3.05) is 12.0 Å². The second kappa shape index (κ2) is 5.91. The molecule has 0 aliphatic carbocycles. The van der Waals surface area contributed by atoms with Gasteiger partial charge in [0.2, 0.25) is 5.91 Å². The highest BCUT2D eigenvalue weighted by atomic mass is 32.2. The number of carbonyl (C=O) groups is 1. The number of aryl methyl sites for hydroxylation is 1. The molecule has 102 valence electrons. The minimum absolute atomic E-state index is 0.101. The van der Waals surface area contributed by atoms with Crippen LogP contribution in [0, 0.1) is 0 Å². The molecule has 8 nitrogen and oxygen atoms in total. The third-order valence-electron chi connectivity index (χ3n) is 2.36. The van der Waals surface area contributed by atoms with E-state index in [1.807, 2.05) is 0 Å². The lowest BCUT2D eigenvalue weighted by Crippen LogP contribution is -2.41. The van der Waals surface area contributed by atoms with Crippen LogP contribution in [0.5, 0.6) is 0 Å². The van der Waals surface area contributed by atoms with Gasteiger partial charge in [-0.15, -0.1) is 10.2 Å². The van der Waals surface area contributed by atoms with Crippen molar-refractivity contribution < 1.29 is 13.2 Å². The fourth-order valence-corrected chi connectivity index (χ4v) is 1.92. The first-order valence-corrected chi connectivity index (χ1v) is 7.39. The van der Waals surface area contributed by atoms with Gasteiger partial charge < -0.3 is 15.6 Å². The van der Waals surface area contributed by atoms with E-state index >= 15 is 0 Å². The first kappa shape index (κ1) is 14.6. The van der Waals surface area contributed by atoms with E-state index in [2.05, 4.69) is 15.5 Å². The van der Waals surface area contributed by atoms with Crippen molar-refractivity contribution in [2.24, 2.45) is 12.8 Å². The SMILES string of the molecule is Cn1cnnc1CNC(=O)C(N)CCS(C)(=O)=O. The van der Waals surface area contributed by atoms with Crippen molar-refractivity contribution in [3.8, 4) is 0 Å². The van der Waals surface area contributed by atoms with Gasteiger partial charge in [-0.25, -0.2) is 8.42 Å². The summed E-state index contributed by atoms with van der Waals surface area (Å²) in [6, 6.07) is -0.840. The van der Waals surface area contributed by atoms with Crippen molar-refractivity contribution in [2.45, 2.75) is 19.0 Å². The van der Waals surface area contributed by atoms with Crippen molar-refractivity contribution >= 4 is 15.7 Å². The predicted octanol–water partition coefficient (Wildman–Crippen LogP) is -1.81. The minimum atomic E-state index is -3.10. The van der Waals surface area contributed by atoms with Gasteiger partial charge in [0.1, 0.15) is 16.2 Å². The molecular formula is C9H17N5O3S. The van der Waals surface area contributed by atoms with Gasteiger partial charge in [0.25, 0.3) is 0 Å². The molecule has 1 rings (SSSR count). The van der Waals surface area contributed by atoms with Crippen molar-refractivity contribution in [3.63, 3.8) is 0 Å². The van der Waals surface area contributed by atoms with Gasteiger partial charge in [-0.05, 0) is 6.42 Å². The summed E-state index contributed by atoms with van der Waals surface area (Å²) in [6.07, 6.45) is 2.73. The zero-order chi connectivity index (χ0) is 13.8. The maximum absolute atomic E-state index is 11.6. The Hall–Kier alpha value is -1.48. The molecule has 1 heterocycles. The van der Waals surface area contributed by atoms with Crippen molar-refractivity contribution in [1.29, 1.82) is 0 Å². The zero-order valence-corrected chi connectivity index (χ0v) is 11.1. The second-order valence-electron chi connectivity index (χ2n) is 4.10. The third kappa shape index (κ3) is 4.80. The van der Waals surface area contributed by atoms with Crippen LogP contribution in [-0.4, -0.2) is 47.1 Å². The van der Waals surface area contributed by atoms with Crippen molar-refractivity contribution in [1.82, 2.24) is 20.1 Å². The molecule has 1 unspecified atom stereocenters. The molecule has 0 saturated carbocycles. The normalized spacial score (nSPS) is 13.3. The molecule has 1 aromatic rings. The smallest absolute Gasteiger partial charge is 0.237 e. The van der Waals surface area contributed by atoms with Gasteiger partial charge in [-0.1, -0.05) is 0 Å². The van der Waals surface area contributed by atoms with Gasteiger partial charge in [0.15, 0.2) is 5.82 Å². The summed E-state index contributed by atoms with van der Waals surface area (Å²) in [4.78, 5) is 11.6. The number of nitrogens with two attached hydrogens (primary N) is 1. The molecule has 18 heavy (non-hydrogen) atoms. The van der Waals surface area contributed by atoms with E-state index in [0.717, 1.165) is 6.26 Å². The largest absolute Gasteiger partial charge is 0.347 e. The Labute approximate surface area is 105 Å². The Morgan fingerprint density at radius 1 is 1.61 bits per heavy atom. The number of carbonyl (C=O) groups excluding carboxylic acids is 1. The number of nitrogens with zero attached hydrogens (tertiary/aromatic N) is 3. The fraction of sp³-hybridized carbons (Fsp3) is 0.667. The van der Waals surface area contributed by atoms with Crippen LogP contribution >= 0.6 is 0 Å². The highest BCUT2D eigenvalue weighted by molar-refractivity contribution is 7.90. The van der Waals surface area contributed by atoms with Crippen LogP contribution in [0.25, 0.3) is 0 Å². The second-order valence-corrected chi connectivity index (χ2v) is 6.36. The number of aromatic nitrogens is 3. The summed E-state index contributed by atoms with van der Waals surface area (Å²) in [6.45, 7) is 0.210. The van der Waals surface area contributed by atoms with Gasteiger partial charge in [-0.2, -0.15) is 0 Å². The molecule has 0 saturated heterocycles. The van der Waals surface area contributed by atoms with E-state index in [0.29, 0.717) is 5.82 Å². The van der Waals surface area contributed by atoms with E-state index in [9.17, 15) is 13.2 Å². The Morgan fingerprint density at radius 2 is 2.28 bits per heavy atom. The number of nitrogens with one attached hydrogen (secondary N) is 1. The van der Waals surface area contributed by atoms with E-state index in [-0.39, 0.29) is 18.7 Å². The summed E-state index contributed by atoms with van der Waals surface area (Å²) in [5, 5.41) is 10.0. The van der Waals surface area contributed by atoms with E-state index in [1.54, 1.807) is 11.6 Å². The first-order chi connectivity index (χ1) is 8.29. The maximum atomic E-state index is 11.6. The van der Waals surface area contributed by atoms with Crippen LogP contribution in [0.2, 0.25) is 0 Å². The van der Waals surface area contributed by atoms with E-state index in [4.69, 9.17) is 5.73 Å². The summed E-state index contributed by atoms with van der Waals surface area (Å²) in [5.74, 6) is 0.0891. The number of rotatable bonds is 6. The average Bonchev–Trinajstić information content (AvgIpc) is 2.67. The van der Waals surface area contributed by atoms with Crippen LogP contribution in [0.4, 0.5) is 0 Å². The number of hydrogen-bond donors (Lipinski definition) is 2. The number of sulfone groups is 1. The standard InChI is InChI=1S/C9H17N5O3S/c1-14-6-12-13-8(14)5-11-9(15)7(10)3-4-18(2,16)17/h6-7H,3-5,10H2,1-2H3,(H,11,15). The molecule has 0 fully saturated rings. The summed E-state index contributed by atoms with van der Waals surface area (Å²) >= 11 is 0. The number of hydrogen-bond acceptors (Lipinski definition) is 6. The van der Waals surface area contributed by atoms with Crippen LogP contribution in [0.1, 0.15) is 12.2 Å². The monoisotopic (exact) mass is 275 g/mol. The summed E-state index contributed by atoms with van der Waals surface area (Å²) in [7, 11) is -1.35.